The lowest BCUT2D eigenvalue weighted by Gasteiger charge is -2.04. The van der Waals surface area contributed by atoms with Crippen molar-refractivity contribution in [2.45, 2.75) is 13.8 Å². The van der Waals surface area contributed by atoms with Crippen LogP contribution in [-0.4, -0.2) is 5.78 Å². The Balaban J connectivity index is 3.42. The van der Waals surface area contributed by atoms with E-state index in [1.165, 1.54) is 6.92 Å². The van der Waals surface area contributed by atoms with Crippen LogP contribution in [0.25, 0.3) is 0 Å². The highest BCUT2D eigenvalue weighted by Crippen LogP contribution is 2.23. The number of nitriles is 1. The van der Waals surface area contributed by atoms with Gasteiger partial charge in [-0.05, 0) is 31.5 Å². The number of hydrogen-bond acceptors (Lipinski definition) is 2. The van der Waals surface area contributed by atoms with Gasteiger partial charge in [-0.1, -0.05) is 11.6 Å². The van der Waals surface area contributed by atoms with Gasteiger partial charge in [0.2, 0.25) is 0 Å². The molecule has 1 aromatic carbocycles. The van der Waals surface area contributed by atoms with Crippen LogP contribution in [0, 0.1) is 18.3 Å². The van der Waals surface area contributed by atoms with Gasteiger partial charge in [0.15, 0.2) is 5.78 Å². The SMILES string of the molecule is CC(=O)c1ccc(C#N)c(C)c1Cl. The fourth-order valence-corrected chi connectivity index (χ4v) is 1.38. The first-order valence-electron chi connectivity index (χ1n) is 3.78. The first kappa shape index (κ1) is 9.76. The summed E-state index contributed by atoms with van der Waals surface area (Å²) in [5.41, 5.74) is 1.64. The predicted molar refractivity (Wildman–Crippen MR) is 50.9 cm³/mol. The first-order chi connectivity index (χ1) is 6.07. The van der Waals surface area contributed by atoms with E-state index in [4.69, 9.17) is 16.9 Å². The van der Waals surface area contributed by atoms with Gasteiger partial charge in [-0.3, -0.25) is 4.79 Å². The Morgan fingerprint density at radius 3 is 2.62 bits per heavy atom. The third kappa shape index (κ3) is 1.71. The molecule has 0 saturated carbocycles. The van der Waals surface area contributed by atoms with Crippen molar-refractivity contribution in [1.82, 2.24) is 0 Å². The van der Waals surface area contributed by atoms with Crippen LogP contribution in [-0.2, 0) is 0 Å². The molecule has 0 atom stereocenters. The van der Waals surface area contributed by atoms with Gasteiger partial charge in [0, 0.05) is 5.56 Å². The van der Waals surface area contributed by atoms with Gasteiger partial charge in [0.1, 0.15) is 0 Å². The molecule has 1 rings (SSSR count). The highest BCUT2D eigenvalue weighted by atomic mass is 35.5. The second kappa shape index (κ2) is 3.59. The number of Topliss-reactive ketones (excluding diaryl/α,β-unsaturated/α-hetero) is 1. The Kier molecular flexibility index (Phi) is 2.69. The molecule has 1 aromatic rings. The van der Waals surface area contributed by atoms with Crippen molar-refractivity contribution < 1.29 is 4.79 Å². The fourth-order valence-electron chi connectivity index (χ4n) is 1.08. The maximum atomic E-state index is 11.1. The van der Waals surface area contributed by atoms with Crippen LogP contribution in [0.15, 0.2) is 12.1 Å². The largest absolute Gasteiger partial charge is 0.294 e. The van der Waals surface area contributed by atoms with Gasteiger partial charge in [0.25, 0.3) is 0 Å². The third-order valence-corrected chi connectivity index (χ3v) is 2.37. The molecule has 0 N–H and O–H groups in total. The van der Waals surface area contributed by atoms with E-state index in [-0.39, 0.29) is 5.78 Å². The Labute approximate surface area is 81.7 Å². The van der Waals surface area contributed by atoms with E-state index in [0.717, 1.165) is 0 Å². The summed E-state index contributed by atoms with van der Waals surface area (Å²) in [4.78, 5) is 11.1. The number of nitrogens with zero attached hydrogens (tertiary/aromatic N) is 1. The van der Waals surface area contributed by atoms with Gasteiger partial charge in [0.05, 0.1) is 16.7 Å². The van der Waals surface area contributed by atoms with Crippen LogP contribution >= 0.6 is 11.6 Å². The minimum Gasteiger partial charge on any atom is -0.294 e. The average molecular weight is 194 g/mol. The van der Waals surface area contributed by atoms with Gasteiger partial charge in [-0.15, -0.1) is 0 Å². The van der Waals surface area contributed by atoms with Crippen LogP contribution in [0.3, 0.4) is 0 Å². The molecular formula is C10H8ClNO. The maximum Gasteiger partial charge on any atom is 0.161 e. The summed E-state index contributed by atoms with van der Waals surface area (Å²) in [5.74, 6) is -0.0856. The predicted octanol–water partition coefficient (Wildman–Crippen LogP) is 2.72. The molecular weight excluding hydrogens is 186 g/mol. The van der Waals surface area contributed by atoms with Crippen molar-refractivity contribution in [3.05, 3.63) is 33.8 Å². The Hall–Kier alpha value is -1.33. The van der Waals surface area contributed by atoms with Crippen molar-refractivity contribution in [1.29, 1.82) is 5.26 Å². The zero-order valence-corrected chi connectivity index (χ0v) is 8.14. The van der Waals surface area contributed by atoms with Gasteiger partial charge >= 0.3 is 0 Å². The van der Waals surface area contributed by atoms with E-state index in [1.54, 1.807) is 19.1 Å². The summed E-state index contributed by atoms with van der Waals surface area (Å²) in [5, 5.41) is 9.06. The maximum absolute atomic E-state index is 11.1. The molecule has 0 unspecified atom stereocenters. The van der Waals surface area contributed by atoms with Crippen LogP contribution < -0.4 is 0 Å². The quantitative estimate of drug-likeness (QED) is 0.644. The molecule has 0 saturated heterocycles. The first-order valence-corrected chi connectivity index (χ1v) is 4.16. The zero-order valence-electron chi connectivity index (χ0n) is 7.39. The number of rotatable bonds is 1. The number of hydrogen-bond donors (Lipinski definition) is 0. The second-order valence-corrected chi connectivity index (χ2v) is 3.15. The zero-order chi connectivity index (χ0) is 10.0. The molecule has 0 heterocycles. The standard InChI is InChI=1S/C10H8ClNO/c1-6-8(5-12)3-4-9(7(2)13)10(6)11/h3-4H,1-2H3. The molecule has 0 spiro atoms. The summed E-state index contributed by atoms with van der Waals surface area (Å²) in [6, 6.07) is 5.20. The summed E-state index contributed by atoms with van der Waals surface area (Å²) >= 11 is 5.90. The molecule has 0 aliphatic heterocycles. The molecule has 3 heteroatoms. The highest BCUT2D eigenvalue weighted by Gasteiger charge is 2.10. The smallest absolute Gasteiger partial charge is 0.161 e. The summed E-state index contributed by atoms with van der Waals surface area (Å²) in [7, 11) is 0. The summed E-state index contributed by atoms with van der Waals surface area (Å²) < 4.78 is 0. The van der Waals surface area contributed by atoms with E-state index in [1.807, 2.05) is 6.07 Å². The molecule has 0 bridgehead atoms. The Bertz CT molecular complexity index is 404. The third-order valence-electron chi connectivity index (χ3n) is 1.89. The van der Waals surface area contributed by atoms with Gasteiger partial charge < -0.3 is 0 Å². The van der Waals surface area contributed by atoms with Crippen LogP contribution in [0.4, 0.5) is 0 Å². The second-order valence-electron chi connectivity index (χ2n) is 2.77. The van der Waals surface area contributed by atoms with Crippen LogP contribution in [0.1, 0.15) is 28.4 Å². The van der Waals surface area contributed by atoms with Crippen molar-refractivity contribution in [2.75, 3.05) is 0 Å². The topological polar surface area (TPSA) is 40.9 Å². The van der Waals surface area contributed by atoms with Crippen LogP contribution in [0.5, 0.6) is 0 Å². The summed E-state index contributed by atoms with van der Waals surface area (Å²) in [6.07, 6.45) is 0. The average Bonchev–Trinajstić information content (AvgIpc) is 2.09. The molecule has 0 aliphatic rings. The van der Waals surface area contributed by atoms with E-state index in [2.05, 4.69) is 0 Å². The molecule has 13 heavy (non-hydrogen) atoms. The van der Waals surface area contributed by atoms with Gasteiger partial charge in [-0.2, -0.15) is 5.26 Å². The molecule has 0 radical (unpaired) electrons. The highest BCUT2D eigenvalue weighted by molar-refractivity contribution is 6.34. The van der Waals surface area contributed by atoms with Crippen molar-refractivity contribution in [3.63, 3.8) is 0 Å². The lowest BCUT2D eigenvalue weighted by Crippen LogP contribution is -1.96. The van der Waals surface area contributed by atoms with Crippen LogP contribution in [0.2, 0.25) is 5.02 Å². The molecule has 0 aromatic heterocycles. The Morgan fingerprint density at radius 2 is 2.15 bits per heavy atom. The molecule has 2 nitrogen and oxygen atoms in total. The number of carbonyl (C=O) groups excluding carboxylic acids is 1. The molecule has 66 valence electrons. The lowest BCUT2D eigenvalue weighted by atomic mass is 10.0. The minimum atomic E-state index is -0.0856. The van der Waals surface area contributed by atoms with Crippen molar-refractivity contribution >= 4 is 17.4 Å². The Morgan fingerprint density at radius 1 is 1.54 bits per heavy atom. The van der Waals surface area contributed by atoms with E-state index in [0.29, 0.717) is 21.7 Å². The van der Waals surface area contributed by atoms with E-state index >= 15 is 0 Å². The van der Waals surface area contributed by atoms with Crippen molar-refractivity contribution in [2.24, 2.45) is 0 Å². The fraction of sp³-hybridized carbons (Fsp3) is 0.200. The number of halogens is 1. The number of ketones is 1. The lowest BCUT2D eigenvalue weighted by molar-refractivity contribution is 0.101. The van der Waals surface area contributed by atoms with E-state index < -0.39 is 0 Å². The molecule has 0 aliphatic carbocycles. The molecule has 0 amide bonds. The monoisotopic (exact) mass is 193 g/mol. The number of benzene rings is 1. The summed E-state index contributed by atoms with van der Waals surface area (Å²) in [6.45, 7) is 3.18. The van der Waals surface area contributed by atoms with Crippen molar-refractivity contribution in [3.8, 4) is 6.07 Å². The number of carbonyl (C=O) groups is 1. The molecule has 0 fully saturated rings. The van der Waals surface area contributed by atoms with E-state index in [9.17, 15) is 4.79 Å². The van der Waals surface area contributed by atoms with Gasteiger partial charge in [-0.25, -0.2) is 0 Å². The minimum absolute atomic E-state index is 0.0856. The normalized spacial score (nSPS) is 9.38.